The Morgan fingerprint density at radius 2 is 1.13 bits per heavy atom. The molecule has 3 aromatic rings. The predicted octanol–water partition coefficient (Wildman–Crippen LogP) is 8.83. The maximum Gasteiger partial charge on any atom is 0.407 e. The summed E-state index contributed by atoms with van der Waals surface area (Å²) in [5.41, 5.74) is 6.10. The van der Waals surface area contributed by atoms with E-state index >= 15 is 0 Å². The zero-order valence-corrected chi connectivity index (χ0v) is 37.5. The molecule has 0 radical (unpaired) electrons. The molecule has 2 fully saturated rings. The summed E-state index contributed by atoms with van der Waals surface area (Å²) in [5.74, 6) is 0.374. The summed E-state index contributed by atoms with van der Waals surface area (Å²) < 4.78 is 9.62. The van der Waals surface area contributed by atoms with Gasteiger partial charge in [-0.2, -0.15) is 0 Å². The minimum absolute atomic E-state index is 0.0488. The summed E-state index contributed by atoms with van der Waals surface area (Å²) in [6, 6.07) is 13.9. The Bertz CT molecular complexity index is 2150. The van der Waals surface area contributed by atoms with Crippen LogP contribution in [0.3, 0.4) is 0 Å². The molecule has 0 spiro atoms. The Morgan fingerprint density at radius 1 is 0.700 bits per heavy atom. The molecule has 2 aromatic carbocycles. The van der Waals surface area contributed by atoms with Gasteiger partial charge in [0.15, 0.2) is 0 Å². The lowest BCUT2D eigenvalue weighted by Crippen LogP contribution is -2.55. The van der Waals surface area contributed by atoms with Crippen molar-refractivity contribution in [2.75, 3.05) is 14.2 Å². The van der Waals surface area contributed by atoms with Crippen LogP contribution in [0, 0.1) is 23.7 Å². The van der Waals surface area contributed by atoms with E-state index in [4.69, 9.17) is 42.7 Å². The van der Waals surface area contributed by atoms with Crippen LogP contribution in [0.25, 0.3) is 28.0 Å². The quantitative estimate of drug-likeness (QED) is 0.163. The normalized spacial score (nSPS) is 23.9. The number of carbonyl (C=O) groups is 4. The van der Waals surface area contributed by atoms with E-state index in [2.05, 4.69) is 29.5 Å². The Balaban J connectivity index is 1.15. The lowest BCUT2D eigenvalue weighted by molar-refractivity contribution is -0.138. The molecule has 60 heavy (non-hydrogen) atoms. The van der Waals surface area contributed by atoms with E-state index in [9.17, 15) is 19.2 Å². The van der Waals surface area contributed by atoms with Gasteiger partial charge in [0, 0.05) is 35.4 Å². The molecule has 4 heterocycles. The Hall–Kier alpha value is -4.88. The first-order valence-corrected chi connectivity index (χ1v) is 21.5. The van der Waals surface area contributed by atoms with E-state index in [-0.39, 0.29) is 59.7 Å². The van der Waals surface area contributed by atoms with Crippen molar-refractivity contribution >= 4 is 58.5 Å². The van der Waals surface area contributed by atoms with Crippen molar-refractivity contribution in [1.29, 1.82) is 0 Å². The Labute approximate surface area is 362 Å². The number of aliphatic imine (C=N–C) groups is 1. The molecule has 3 aliphatic heterocycles. The number of nitrogens with zero attached hydrogens (tertiary/aromatic N) is 4. The average molecular weight is 863 g/mol. The maximum absolute atomic E-state index is 14.0. The van der Waals surface area contributed by atoms with Crippen LogP contribution in [-0.2, 0) is 19.1 Å². The standard InChI is InChI=1S/C45H57Cl2N7O6/c1-22(2)36(50-44(57)59-9)42(55)53-26(7)24(5)19-34(53)33-21-32(39(46)48-33)30-15-11-28(12-16-30)29-13-17-31(18-14-29)38-40(47)52-41(49-38)35-20-25(6)27(8)54(35)43(56)37(23(3)4)51-45(58)60-10/h11-18,22-27,34-37H,19-21H2,1-10H3,(H,49,52)(H,50,57)(H,51,58)/t24-,25-,26+,27+,34+,35+,36+,37+/m1/s1. The van der Waals surface area contributed by atoms with Gasteiger partial charge >= 0.3 is 12.2 Å². The van der Waals surface area contributed by atoms with Crippen LogP contribution in [0.1, 0.15) is 92.1 Å². The van der Waals surface area contributed by atoms with Gasteiger partial charge in [0.1, 0.15) is 33.9 Å². The molecule has 15 heteroatoms. The fourth-order valence-electron chi connectivity index (χ4n) is 8.71. The third-order valence-corrected chi connectivity index (χ3v) is 13.2. The second kappa shape index (κ2) is 18.4. The minimum atomic E-state index is -0.758. The first-order valence-electron chi connectivity index (χ1n) is 20.7. The van der Waals surface area contributed by atoms with Crippen molar-refractivity contribution in [3.63, 3.8) is 0 Å². The number of imidazole rings is 1. The second-order valence-corrected chi connectivity index (χ2v) is 17.9. The highest BCUT2D eigenvalue weighted by atomic mass is 35.5. The maximum atomic E-state index is 14.0. The van der Waals surface area contributed by atoms with Gasteiger partial charge in [-0.05, 0) is 67.1 Å². The zero-order chi connectivity index (χ0) is 43.7. The van der Waals surface area contributed by atoms with Crippen molar-refractivity contribution in [3.8, 4) is 22.4 Å². The van der Waals surface area contributed by atoms with Crippen LogP contribution in [0.2, 0.25) is 5.15 Å². The van der Waals surface area contributed by atoms with Gasteiger partial charge in [-0.25, -0.2) is 19.6 Å². The third kappa shape index (κ3) is 8.93. The summed E-state index contributed by atoms with van der Waals surface area (Å²) in [5, 5.41) is 6.24. The van der Waals surface area contributed by atoms with Crippen molar-refractivity contribution in [3.05, 3.63) is 70.2 Å². The fourth-order valence-corrected chi connectivity index (χ4v) is 9.25. The summed E-state index contributed by atoms with van der Waals surface area (Å²) in [6.07, 6.45) is 0.657. The highest BCUT2D eigenvalue weighted by molar-refractivity contribution is 6.35. The lowest BCUT2D eigenvalue weighted by atomic mass is 9.95. The number of aromatic amines is 1. The highest BCUT2D eigenvalue weighted by Gasteiger charge is 2.46. The van der Waals surface area contributed by atoms with E-state index < -0.39 is 24.3 Å². The van der Waals surface area contributed by atoms with Gasteiger partial charge in [-0.15, -0.1) is 0 Å². The summed E-state index contributed by atoms with van der Waals surface area (Å²) in [6.45, 7) is 15.9. The van der Waals surface area contributed by atoms with Crippen LogP contribution in [0.5, 0.6) is 0 Å². The predicted molar refractivity (Wildman–Crippen MR) is 234 cm³/mol. The number of amides is 4. The number of allylic oxidation sites excluding steroid dienone is 1. The molecule has 0 saturated carbocycles. The number of ether oxygens (including phenoxy) is 2. The summed E-state index contributed by atoms with van der Waals surface area (Å²) in [7, 11) is 2.57. The molecule has 1 aromatic heterocycles. The van der Waals surface area contributed by atoms with Crippen LogP contribution in [0.15, 0.2) is 58.7 Å². The lowest BCUT2D eigenvalue weighted by Gasteiger charge is -2.34. The van der Waals surface area contributed by atoms with Crippen LogP contribution in [0.4, 0.5) is 9.59 Å². The van der Waals surface area contributed by atoms with Crippen molar-refractivity contribution in [1.82, 2.24) is 30.4 Å². The van der Waals surface area contributed by atoms with E-state index in [1.807, 2.05) is 99.9 Å². The topological polar surface area (TPSA) is 158 Å². The van der Waals surface area contributed by atoms with E-state index in [1.54, 1.807) is 0 Å². The molecule has 13 nitrogen and oxygen atoms in total. The molecule has 0 bridgehead atoms. The molecule has 2 saturated heterocycles. The van der Waals surface area contributed by atoms with Crippen LogP contribution < -0.4 is 10.6 Å². The monoisotopic (exact) mass is 861 g/mol. The van der Waals surface area contributed by atoms with Crippen LogP contribution in [-0.4, -0.2) is 93.9 Å². The van der Waals surface area contributed by atoms with E-state index in [1.165, 1.54) is 14.2 Å². The van der Waals surface area contributed by atoms with Gasteiger partial charge in [-0.1, -0.05) is 113 Å². The number of rotatable bonds is 11. The molecule has 0 aliphatic carbocycles. The molecule has 0 unspecified atom stereocenters. The first kappa shape index (κ1) is 44.7. The molecular weight excluding hydrogens is 805 g/mol. The van der Waals surface area contributed by atoms with Crippen molar-refractivity contribution < 1.29 is 28.7 Å². The Morgan fingerprint density at radius 3 is 1.60 bits per heavy atom. The number of halogens is 2. The minimum Gasteiger partial charge on any atom is -0.453 e. The molecular formula is C45H57Cl2N7O6. The smallest absolute Gasteiger partial charge is 0.407 e. The fraction of sp³-hybridized carbons (Fsp3) is 0.511. The highest BCUT2D eigenvalue weighted by Crippen LogP contribution is 2.42. The number of methoxy groups -OCH3 is 2. The van der Waals surface area contributed by atoms with Gasteiger partial charge in [0.2, 0.25) is 11.8 Å². The van der Waals surface area contributed by atoms with Gasteiger partial charge in [-0.3, -0.25) is 9.59 Å². The molecule has 8 atom stereocenters. The van der Waals surface area contributed by atoms with Crippen molar-refractivity contribution in [2.24, 2.45) is 28.7 Å². The number of alkyl carbamates (subject to hydrolysis) is 2. The average Bonchev–Trinajstić information content (AvgIpc) is 3.97. The number of hydrogen-bond donors (Lipinski definition) is 3. The summed E-state index contributed by atoms with van der Waals surface area (Å²) in [4.78, 5) is 68.9. The molecule has 3 N–H and O–H groups in total. The van der Waals surface area contributed by atoms with Crippen molar-refractivity contribution in [2.45, 2.75) is 111 Å². The largest absolute Gasteiger partial charge is 0.453 e. The van der Waals surface area contributed by atoms with E-state index in [0.717, 1.165) is 40.0 Å². The molecule has 6 rings (SSSR count). The Kier molecular flexibility index (Phi) is 13.7. The summed E-state index contributed by atoms with van der Waals surface area (Å²) >= 11 is 13.6. The van der Waals surface area contributed by atoms with Crippen LogP contribution >= 0.6 is 23.2 Å². The zero-order valence-electron chi connectivity index (χ0n) is 36.0. The second-order valence-electron chi connectivity index (χ2n) is 17.1. The number of H-pyrrole nitrogens is 1. The molecule has 322 valence electrons. The van der Waals surface area contributed by atoms with E-state index in [0.29, 0.717) is 34.7 Å². The number of likely N-dealkylation sites (tertiary alicyclic amines) is 2. The number of carbonyl (C=O) groups excluding carboxylic acids is 4. The van der Waals surface area contributed by atoms with Gasteiger partial charge in [0.25, 0.3) is 0 Å². The third-order valence-electron chi connectivity index (χ3n) is 12.6. The van der Waals surface area contributed by atoms with Gasteiger partial charge < -0.3 is 34.9 Å². The number of benzene rings is 2. The SMILES string of the molecule is COC(=O)N[C@H](C(=O)N1[C@H](C2=NC(Cl)=C(c3ccc(-c4ccc(-c5nc([C@@H]6C[C@@H](C)[C@H](C)N6C(=O)[C@@H](NC(=O)OC)C(C)C)[nH]c5Cl)cc4)cc3)C2)C[C@@H](C)[C@@H]1C)C(C)C. The molecule has 4 amide bonds. The van der Waals surface area contributed by atoms with Gasteiger partial charge in [0.05, 0.1) is 26.3 Å². The first-order chi connectivity index (χ1) is 28.4. The number of aromatic nitrogens is 2. The number of hydrogen-bond acceptors (Lipinski definition) is 8. The molecule has 3 aliphatic rings. The number of nitrogens with one attached hydrogen (secondary N) is 3.